The first kappa shape index (κ1) is 14.3. The summed E-state index contributed by atoms with van der Waals surface area (Å²) in [5.41, 5.74) is 6.31. The van der Waals surface area contributed by atoms with Crippen molar-refractivity contribution in [2.75, 3.05) is 5.32 Å². The molecule has 0 saturated heterocycles. The second-order valence-corrected chi connectivity index (χ2v) is 4.79. The summed E-state index contributed by atoms with van der Waals surface area (Å²) in [7, 11) is 0. The Kier molecular flexibility index (Phi) is 5.25. The summed E-state index contributed by atoms with van der Waals surface area (Å²) in [5.74, 6) is -0.128. The van der Waals surface area contributed by atoms with Gasteiger partial charge in [0.05, 0.1) is 21.8 Å². The predicted molar refractivity (Wildman–Crippen MR) is 72.5 cm³/mol. The van der Waals surface area contributed by atoms with Gasteiger partial charge < -0.3 is 11.1 Å². The van der Waals surface area contributed by atoms with Crippen LogP contribution in [0.25, 0.3) is 0 Å². The number of benzene rings is 1. The van der Waals surface area contributed by atoms with E-state index in [0.717, 1.165) is 6.42 Å². The molecule has 0 aliphatic rings. The van der Waals surface area contributed by atoms with Gasteiger partial charge in [0.15, 0.2) is 0 Å². The quantitative estimate of drug-likeness (QED) is 0.885. The standard InChI is InChI=1S/C12H16Cl2N2O/c1-3-7(2)11(15)12(17)16-9-6-4-5-8(13)10(9)14/h4-7,11H,3,15H2,1-2H3,(H,16,17). The van der Waals surface area contributed by atoms with Crippen LogP contribution in [0.1, 0.15) is 20.3 Å². The second kappa shape index (κ2) is 6.24. The predicted octanol–water partition coefficient (Wildman–Crippen LogP) is 3.31. The third kappa shape index (κ3) is 3.60. The van der Waals surface area contributed by atoms with Crippen LogP contribution in [0, 0.1) is 5.92 Å². The summed E-state index contributed by atoms with van der Waals surface area (Å²) in [5, 5.41) is 3.42. The Morgan fingerprint density at radius 2 is 2.12 bits per heavy atom. The number of carbonyl (C=O) groups excluding carboxylic acids is 1. The number of hydrogen-bond acceptors (Lipinski definition) is 2. The third-order valence-corrected chi connectivity index (χ3v) is 3.59. The Hall–Kier alpha value is -0.770. The van der Waals surface area contributed by atoms with Gasteiger partial charge in [-0.15, -0.1) is 0 Å². The molecule has 1 aromatic carbocycles. The molecule has 0 aliphatic carbocycles. The summed E-state index contributed by atoms with van der Waals surface area (Å²) in [4.78, 5) is 11.8. The van der Waals surface area contributed by atoms with Gasteiger partial charge in [0.1, 0.15) is 0 Å². The van der Waals surface area contributed by atoms with Crippen LogP contribution in [-0.4, -0.2) is 11.9 Å². The molecule has 0 bridgehead atoms. The molecule has 17 heavy (non-hydrogen) atoms. The number of rotatable bonds is 4. The van der Waals surface area contributed by atoms with Gasteiger partial charge in [-0.05, 0) is 18.1 Å². The molecular weight excluding hydrogens is 259 g/mol. The second-order valence-electron chi connectivity index (χ2n) is 4.00. The van der Waals surface area contributed by atoms with E-state index in [1.165, 1.54) is 0 Å². The largest absolute Gasteiger partial charge is 0.323 e. The third-order valence-electron chi connectivity index (χ3n) is 2.77. The molecule has 1 rings (SSSR count). The zero-order valence-corrected chi connectivity index (χ0v) is 11.3. The van der Waals surface area contributed by atoms with Gasteiger partial charge in [-0.2, -0.15) is 0 Å². The first-order chi connectivity index (χ1) is 7.97. The van der Waals surface area contributed by atoms with Crippen molar-refractivity contribution >= 4 is 34.8 Å². The van der Waals surface area contributed by atoms with Crippen molar-refractivity contribution in [2.24, 2.45) is 11.7 Å². The Morgan fingerprint density at radius 1 is 1.47 bits per heavy atom. The molecule has 2 atom stereocenters. The highest BCUT2D eigenvalue weighted by atomic mass is 35.5. The van der Waals surface area contributed by atoms with E-state index >= 15 is 0 Å². The first-order valence-corrected chi connectivity index (χ1v) is 6.23. The summed E-state index contributed by atoms with van der Waals surface area (Å²) < 4.78 is 0. The van der Waals surface area contributed by atoms with Crippen LogP contribution in [-0.2, 0) is 4.79 Å². The lowest BCUT2D eigenvalue weighted by atomic mass is 9.99. The van der Waals surface area contributed by atoms with Crippen molar-refractivity contribution in [3.05, 3.63) is 28.2 Å². The maximum absolute atomic E-state index is 11.8. The molecule has 0 radical (unpaired) electrons. The van der Waals surface area contributed by atoms with E-state index in [0.29, 0.717) is 15.7 Å². The maximum Gasteiger partial charge on any atom is 0.241 e. The highest BCUT2D eigenvalue weighted by Gasteiger charge is 2.20. The zero-order chi connectivity index (χ0) is 13.0. The first-order valence-electron chi connectivity index (χ1n) is 5.47. The molecule has 94 valence electrons. The van der Waals surface area contributed by atoms with Gasteiger partial charge in [-0.1, -0.05) is 49.5 Å². The van der Waals surface area contributed by atoms with Crippen LogP contribution < -0.4 is 11.1 Å². The van der Waals surface area contributed by atoms with E-state index in [1.807, 2.05) is 13.8 Å². The van der Waals surface area contributed by atoms with Crippen LogP contribution in [0.2, 0.25) is 10.0 Å². The molecule has 2 unspecified atom stereocenters. The molecule has 0 aliphatic heterocycles. The topological polar surface area (TPSA) is 55.1 Å². The fourth-order valence-electron chi connectivity index (χ4n) is 1.33. The maximum atomic E-state index is 11.8. The number of nitrogens with one attached hydrogen (secondary N) is 1. The van der Waals surface area contributed by atoms with Crippen molar-refractivity contribution in [3.63, 3.8) is 0 Å². The van der Waals surface area contributed by atoms with E-state index in [4.69, 9.17) is 28.9 Å². The van der Waals surface area contributed by atoms with Gasteiger partial charge >= 0.3 is 0 Å². The Balaban J connectivity index is 2.78. The zero-order valence-electron chi connectivity index (χ0n) is 9.84. The summed E-state index contributed by atoms with van der Waals surface area (Å²) >= 11 is 11.8. The number of halogens is 2. The Bertz CT molecular complexity index is 409. The van der Waals surface area contributed by atoms with E-state index in [9.17, 15) is 4.79 Å². The van der Waals surface area contributed by atoms with Crippen molar-refractivity contribution in [1.29, 1.82) is 0 Å². The normalized spacial score (nSPS) is 14.2. The highest BCUT2D eigenvalue weighted by molar-refractivity contribution is 6.44. The monoisotopic (exact) mass is 274 g/mol. The van der Waals surface area contributed by atoms with E-state index in [2.05, 4.69) is 5.32 Å². The average molecular weight is 275 g/mol. The van der Waals surface area contributed by atoms with Crippen LogP contribution in [0.3, 0.4) is 0 Å². The Morgan fingerprint density at radius 3 is 2.71 bits per heavy atom. The number of amides is 1. The van der Waals surface area contributed by atoms with Crippen molar-refractivity contribution in [2.45, 2.75) is 26.3 Å². The highest BCUT2D eigenvalue weighted by Crippen LogP contribution is 2.29. The van der Waals surface area contributed by atoms with Gasteiger partial charge in [-0.25, -0.2) is 0 Å². The van der Waals surface area contributed by atoms with E-state index in [-0.39, 0.29) is 11.8 Å². The SMILES string of the molecule is CCC(C)C(N)C(=O)Nc1cccc(Cl)c1Cl. The van der Waals surface area contributed by atoms with Gasteiger partial charge in [-0.3, -0.25) is 4.79 Å². The summed E-state index contributed by atoms with van der Waals surface area (Å²) in [6, 6.07) is 4.53. The minimum atomic E-state index is -0.546. The fraction of sp³-hybridized carbons (Fsp3) is 0.417. The number of nitrogens with two attached hydrogens (primary N) is 1. The van der Waals surface area contributed by atoms with Crippen LogP contribution in [0.5, 0.6) is 0 Å². The lowest BCUT2D eigenvalue weighted by Crippen LogP contribution is -2.40. The Labute approximate surface area is 111 Å². The molecule has 0 saturated carbocycles. The molecule has 0 fully saturated rings. The number of anilines is 1. The minimum absolute atomic E-state index is 0.118. The van der Waals surface area contributed by atoms with Crippen molar-refractivity contribution in [3.8, 4) is 0 Å². The van der Waals surface area contributed by atoms with Gasteiger partial charge in [0.2, 0.25) is 5.91 Å². The van der Waals surface area contributed by atoms with Gasteiger partial charge in [0, 0.05) is 0 Å². The summed E-state index contributed by atoms with van der Waals surface area (Å²) in [6.45, 7) is 3.92. The van der Waals surface area contributed by atoms with E-state index in [1.54, 1.807) is 18.2 Å². The molecule has 0 heterocycles. The molecule has 1 amide bonds. The minimum Gasteiger partial charge on any atom is -0.323 e. The molecule has 3 nitrogen and oxygen atoms in total. The number of hydrogen-bond donors (Lipinski definition) is 2. The average Bonchev–Trinajstić information content (AvgIpc) is 2.32. The smallest absolute Gasteiger partial charge is 0.241 e. The molecule has 3 N–H and O–H groups in total. The summed E-state index contributed by atoms with van der Waals surface area (Å²) in [6.07, 6.45) is 0.845. The lowest BCUT2D eigenvalue weighted by molar-refractivity contribution is -0.118. The molecule has 0 aromatic heterocycles. The van der Waals surface area contributed by atoms with E-state index < -0.39 is 6.04 Å². The van der Waals surface area contributed by atoms with Gasteiger partial charge in [0.25, 0.3) is 0 Å². The van der Waals surface area contributed by atoms with Crippen LogP contribution >= 0.6 is 23.2 Å². The molecule has 5 heteroatoms. The number of carbonyl (C=O) groups is 1. The molecular formula is C12H16Cl2N2O. The molecule has 0 spiro atoms. The van der Waals surface area contributed by atoms with Crippen molar-refractivity contribution < 1.29 is 4.79 Å². The van der Waals surface area contributed by atoms with Crippen LogP contribution in [0.4, 0.5) is 5.69 Å². The fourth-order valence-corrected chi connectivity index (χ4v) is 1.68. The molecule has 1 aromatic rings. The van der Waals surface area contributed by atoms with Crippen LogP contribution in [0.15, 0.2) is 18.2 Å². The van der Waals surface area contributed by atoms with Crippen molar-refractivity contribution in [1.82, 2.24) is 0 Å². The lowest BCUT2D eigenvalue weighted by Gasteiger charge is -2.18.